The van der Waals surface area contributed by atoms with Crippen LogP contribution < -0.4 is 5.32 Å². The topological polar surface area (TPSA) is 49.3 Å². The van der Waals surface area contributed by atoms with Gasteiger partial charge in [0, 0.05) is 21.3 Å². The van der Waals surface area contributed by atoms with Gasteiger partial charge in [-0.15, -0.1) is 11.3 Å². The van der Waals surface area contributed by atoms with Gasteiger partial charge in [0.25, 0.3) is 0 Å². The van der Waals surface area contributed by atoms with Crippen LogP contribution in [0.5, 0.6) is 0 Å². The molecule has 0 aliphatic rings. The SMILES string of the molecule is CC(C)(CCNCc1ccc(-c2cccc(Cl)c2)s1)C(=O)O. The number of hydrogen-bond acceptors (Lipinski definition) is 3. The summed E-state index contributed by atoms with van der Waals surface area (Å²) < 4.78 is 0. The minimum atomic E-state index is -0.756. The Labute approximate surface area is 139 Å². The number of nitrogens with one attached hydrogen (secondary N) is 1. The van der Waals surface area contributed by atoms with Gasteiger partial charge in [0.05, 0.1) is 5.41 Å². The third-order valence-corrected chi connectivity index (χ3v) is 4.95. The summed E-state index contributed by atoms with van der Waals surface area (Å²) in [5, 5.41) is 13.1. The Kier molecular flexibility index (Phi) is 5.62. The minimum Gasteiger partial charge on any atom is -0.481 e. The highest BCUT2D eigenvalue weighted by Gasteiger charge is 2.26. The minimum absolute atomic E-state index is 0.606. The molecule has 0 unspecified atom stereocenters. The molecule has 0 fully saturated rings. The predicted octanol–water partition coefficient (Wildman–Crippen LogP) is 4.66. The summed E-state index contributed by atoms with van der Waals surface area (Å²) in [6.45, 7) is 4.93. The molecule has 0 saturated heterocycles. The monoisotopic (exact) mass is 337 g/mol. The number of benzene rings is 1. The lowest BCUT2D eigenvalue weighted by Crippen LogP contribution is -2.28. The van der Waals surface area contributed by atoms with Crippen molar-refractivity contribution >= 4 is 28.9 Å². The van der Waals surface area contributed by atoms with E-state index in [1.54, 1.807) is 25.2 Å². The van der Waals surface area contributed by atoms with Crippen molar-refractivity contribution in [2.75, 3.05) is 6.54 Å². The number of carboxylic acid groups (broad SMARTS) is 1. The van der Waals surface area contributed by atoms with E-state index >= 15 is 0 Å². The molecule has 0 atom stereocenters. The van der Waals surface area contributed by atoms with E-state index in [1.807, 2.05) is 24.3 Å². The second-order valence-corrected chi connectivity index (χ2v) is 7.50. The second-order valence-electron chi connectivity index (χ2n) is 5.89. The molecule has 0 amide bonds. The van der Waals surface area contributed by atoms with Crippen LogP contribution in [0.3, 0.4) is 0 Å². The first-order valence-electron chi connectivity index (χ1n) is 7.17. The maximum absolute atomic E-state index is 11.0. The Bertz CT molecular complexity index is 652. The van der Waals surface area contributed by atoms with Crippen molar-refractivity contribution in [2.24, 2.45) is 5.41 Å². The number of halogens is 1. The fourth-order valence-corrected chi connectivity index (χ4v) is 3.15. The zero-order chi connectivity index (χ0) is 16.2. The van der Waals surface area contributed by atoms with E-state index in [4.69, 9.17) is 16.7 Å². The fraction of sp³-hybridized carbons (Fsp3) is 0.353. The summed E-state index contributed by atoms with van der Waals surface area (Å²) in [7, 11) is 0. The van der Waals surface area contributed by atoms with Gasteiger partial charge in [-0.1, -0.05) is 23.7 Å². The van der Waals surface area contributed by atoms with Crippen molar-refractivity contribution < 1.29 is 9.90 Å². The van der Waals surface area contributed by atoms with Gasteiger partial charge < -0.3 is 10.4 Å². The Morgan fingerprint density at radius 3 is 2.77 bits per heavy atom. The van der Waals surface area contributed by atoms with E-state index in [-0.39, 0.29) is 0 Å². The van der Waals surface area contributed by atoms with Crippen LogP contribution in [-0.4, -0.2) is 17.6 Å². The van der Waals surface area contributed by atoms with Crippen molar-refractivity contribution in [1.29, 1.82) is 0 Å². The van der Waals surface area contributed by atoms with Crippen molar-refractivity contribution in [3.63, 3.8) is 0 Å². The molecule has 1 heterocycles. The molecule has 2 aromatic rings. The summed E-state index contributed by atoms with van der Waals surface area (Å²) in [5.41, 5.74) is 0.435. The molecule has 2 N–H and O–H groups in total. The molecule has 22 heavy (non-hydrogen) atoms. The Morgan fingerprint density at radius 1 is 1.32 bits per heavy atom. The van der Waals surface area contributed by atoms with Crippen molar-refractivity contribution in [2.45, 2.75) is 26.8 Å². The molecule has 0 bridgehead atoms. The summed E-state index contributed by atoms with van der Waals surface area (Å²) in [4.78, 5) is 13.4. The Hall–Kier alpha value is -1.36. The van der Waals surface area contributed by atoms with E-state index in [1.165, 1.54) is 9.75 Å². The average molecular weight is 338 g/mol. The van der Waals surface area contributed by atoms with Gasteiger partial charge in [-0.2, -0.15) is 0 Å². The van der Waals surface area contributed by atoms with Crippen LogP contribution in [-0.2, 0) is 11.3 Å². The summed E-state index contributed by atoms with van der Waals surface area (Å²) in [6.07, 6.45) is 0.606. The molecule has 0 radical (unpaired) electrons. The first kappa shape index (κ1) is 17.0. The van der Waals surface area contributed by atoms with Crippen LogP contribution in [0.1, 0.15) is 25.1 Å². The number of thiophene rings is 1. The summed E-state index contributed by atoms with van der Waals surface area (Å²) in [6, 6.07) is 12.0. The number of carbonyl (C=O) groups is 1. The molecule has 3 nitrogen and oxygen atoms in total. The largest absolute Gasteiger partial charge is 0.481 e. The van der Waals surface area contributed by atoms with Gasteiger partial charge in [0.15, 0.2) is 0 Å². The number of aliphatic carboxylic acids is 1. The van der Waals surface area contributed by atoms with Gasteiger partial charge in [-0.25, -0.2) is 0 Å². The van der Waals surface area contributed by atoms with E-state index in [0.717, 1.165) is 17.1 Å². The zero-order valence-electron chi connectivity index (χ0n) is 12.7. The third kappa shape index (κ3) is 4.57. The van der Waals surface area contributed by atoms with Crippen LogP contribution in [0.15, 0.2) is 36.4 Å². The second kappa shape index (κ2) is 7.27. The van der Waals surface area contributed by atoms with Gasteiger partial charge in [0.1, 0.15) is 0 Å². The average Bonchev–Trinajstić information content (AvgIpc) is 2.92. The lowest BCUT2D eigenvalue weighted by molar-refractivity contribution is -0.147. The quantitative estimate of drug-likeness (QED) is 0.722. The molecular weight excluding hydrogens is 318 g/mol. The third-order valence-electron chi connectivity index (χ3n) is 3.58. The molecule has 5 heteroatoms. The Morgan fingerprint density at radius 2 is 2.09 bits per heavy atom. The summed E-state index contributed by atoms with van der Waals surface area (Å²) >= 11 is 7.74. The van der Waals surface area contributed by atoms with Gasteiger partial charge >= 0.3 is 5.97 Å². The van der Waals surface area contributed by atoms with Crippen LogP contribution in [0, 0.1) is 5.41 Å². The van der Waals surface area contributed by atoms with Crippen LogP contribution in [0.4, 0.5) is 0 Å². The van der Waals surface area contributed by atoms with Gasteiger partial charge in [0.2, 0.25) is 0 Å². The van der Waals surface area contributed by atoms with Crippen molar-refractivity contribution in [3.8, 4) is 10.4 Å². The normalized spacial score (nSPS) is 11.6. The van der Waals surface area contributed by atoms with E-state index in [0.29, 0.717) is 13.0 Å². The van der Waals surface area contributed by atoms with E-state index < -0.39 is 11.4 Å². The molecule has 1 aromatic carbocycles. The lowest BCUT2D eigenvalue weighted by atomic mass is 9.90. The zero-order valence-corrected chi connectivity index (χ0v) is 14.3. The van der Waals surface area contributed by atoms with Crippen LogP contribution in [0.25, 0.3) is 10.4 Å². The first-order valence-corrected chi connectivity index (χ1v) is 8.37. The molecule has 2 rings (SSSR count). The van der Waals surface area contributed by atoms with Crippen molar-refractivity contribution in [1.82, 2.24) is 5.32 Å². The molecule has 0 saturated carbocycles. The Balaban J connectivity index is 1.87. The van der Waals surface area contributed by atoms with Crippen LogP contribution in [0.2, 0.25) is 5.02 Å². The standard InChI is InChI=1S/C17H20ClNO2S/c1-17(2,16(20)21)8-9-19-11-14-6-7-15(22-14)12-4-3-5-13(18)10-12/h3-7,10,19H,8-9,11H2,1-2H3,(H,20,21). The number of carboxylic acids is 1. The molecule has 118 valence electrons. The molecule has 1 aromatic heterocycles. The van der Waals surface area contributed by atoms with Crippen molar-refractivity contribution in [3.05, 3.63) is 46.3 Å². The number of hydrogen-bond donors (Lipinski definition) is 2. The molecule has 0 spiro atoms. The first-order chi connectivity index (χ1) is 10.4. The molecular formula is C17H20ClNO2S. The number of rotatable bonds is 7. The molecule has 0 aliphatic heterocycles. The maximum atomic E-state index is 11.0. The van der Waals surface area contributed by atoms with Crippen LogP contribution >= 0.6 is 22.9 Å². The highest BCUT2D eigenvalue weighted by Crippen LogP contribution is 2.29. The maximum Gasteiger partial charge on any atom is 0.309 e. The highest BCUT2D eigenvalue weighted by molar-refractivity contribution is 7.15. The lowest BCUT2D eigenvalue weighted by Gasteiger charge is -2.18. The van der Waals surface area contributed by atoms with E-state index in [9.17, 15) is 4.79 Å². The smallest absolute Gasteiger partial charge is 0.309 e. The predicted molar refractivity (Wildman–Crippen MR) is 92.5 cm³/mol. The highest BCUT2D eigenvalue weighted by atomic mass is 35.5. The van der Waals surface area contributed by atoms with Gasteiger partial charge in [-0.3, -0.25) is 4.79 Å². The fourth-order valence-electron chi connectivity index (χ4n) is 1.99. The van der Waals surface area contributed by atoms with Gasteiger partial charge in [-0.05, 0) is 56.6 Å². The van der Waals surface area contributed by atoms with E-state index in [2.05, 4.69) is 17.4 Å². The molecule has 0 aliphatic carbocycles. The summed E-state index contributed by atoms with van der Waals surface area (Å²) in [5.74, 6) is -0.756.